The second-order valence-corrected chi connectivity index (χ2v) is 7.33. The normalized spacial score (nSPS) is 19.2. The van der Waals surface area contributed by atoms with Crippen molar-refractivity contribution in [2.24, 2.45) is 5.92 Å². The molecule has 0 aromatic heterocycles. The van der Waals surface area contributed by atoms with E-state index in [0.717, 1.165) is 18.4 Å². The van der Waals surface area contributed by atoms with E-state index in [1.807, 2.05) is 37.3 Å². The molecular formula is C15H23NO2S. The van der Waals surface area contributed by atoms with Crippen LogP contribution in [0.4, 0.5) is 0 Å². The van der Waals surface area contributed by atoms with Crippen molar-refractivity contribution in [2.45, 2.75) is 45.1 Å². The van der Waals surface area contributed by atoms with Gasteiger partial charge in [-0.25, -0.2) is 13.1 Å². The SMILES string of the molecule is C[C@@H](NS(=O)(=O)CC1CCCCC1)c1ccccc1. The maximum atomic E-state index is 12.2. The lowest BCUT2D eigenvalue weighted by Gasteiger charge is -2.22. The van der Waals surface area contributed by atoms with Gasteiger partial charge in [-0.15, -0.1) is 0 Å². The van der Waals surface area contributed by atoms with Gasteiger partial charge in [0.2, 0.25) is 10.0 Å². The first-order valence-electron chi connectivity index (χ1n) is 7.12. The molecule has 1 aliphatic rings. The van der Waals surface area contributed by atoms with E-state index in [-0.39, 0.29) is 11.8 Å². The smallest absolute Gasteiger partial charge is 0.212 e. The van der Waals surface area contributed by atoms with Gasteiger partial charge in [-0.3, -0.25) is 0 Å². The molecule has 1 N–H and O–H groups in total. The summed E-state index contributed by atoms with van der Waals surface area (Å²) in [6, 6.07) is 9.55. The number of hydrogen-bond acceptors (Lipinski definition) is 2. The molecule has 0 bridgehead atoms. The lowest BCUT2D eigenvalue weighted by Crippen LogP contribution is -2.32. The summed E-state index contributed by atoms with van der Waals surface area (Å²) in [4.78, 5) is 0. The zero-order chi connectivity index (χ0) is 13.7. The van der Waals surface area contributed by atoms with Crippen molar-refractivity contribution in [3.8, 4) is 0 Å². The van der Waals surface area contributed by atoms with Crippen molar-refractivity contribution < 1.29 is 8.42 Å². The largest absolute Gasteiger partial charge is 0.212 e. The summed E-state index contributed by atoms with van der Waals surface area (Å²) >= 11 is 0. The molecule has 1 saturated carbocycles. The van der Waals surface area contributed by atoms with Crippen LogP contribution in [0.2, 0.25) is 0 Å². The summed E-state index contributed by atoms with van der Waals surface area (Å²) < 4.78 is 27.1. The van der Waals surface area contributed by atoms with Crippen molar-refractivity contribution in [2.75, 3.05) is 5.75 Å². The van der Waals surface area contributed by atoms with Crippen molar-refractivity contribution in [3.63, 3.8) is 0 Å². The molecule has 3 nitrogen and oxygen atoms in total. The molecule has 0 radical (unpaired) electrons. The van der Waals surface area contributed by atoms with E-state index < -0.39 is 10.0 Å². The van der Waals surface area contributed by atoms with Gasteiger partial charge in [0.25, 0.3) is 0 Å². The number of hydrogen-bond donors (Lipinski definition) is 1. The fourth-order valence-corrected chi connectivity index (χ4v) is 4.52. The fourth-order valence-electron chi connectivity index (χ4n) is 2.79. The monoisotopic (exact) mass is 281 g/mol. The number of benzene rings is 1. The molecule has 1 fully saturated rings. The molecule has 106 valence electrons. The molecule has 0 saturated heterocycles. The number of rotatable bonds is 5. The van der Waals surface area contributed by atoms with Crippen LogP contribution in [0.1, 0.15) is 50.6 Å². The van der Waals surface area contributed by atoms with Gasteiger partial charge in [-0.05, 0) is 31.2 Å². The van der Waals surface area contributed by atoms with Gasteiger partial charge >= 0.3 is 0 Å². The number of nitrogens with one attached hydrogen (secondary N) is 1. The highest BCUT2D eigenvalue weighted by atomic mass is 32.2. The van der Waals surface area contributed by atoms with Crippen LogP contribution in [0.3, 0.4) is 0 Å². The van der Waals surface area contributed by atoms with Crippen LogP contribution in [0.25, 0.3) is 0 Å². The Hall–Kier alpha value is -0.870. The molecule has 2 rings (SSSR count). The zero-order valence-electron chi connectivity index (χ0n) is 11.5. The third kappa shape index (κ3) is 4.62. The Kier molecular flexibility index (Phi) is 4.99. The highest BCUT2D eigenvalue weighted by Gasteiger charge is 2.22. The Balaban J connectivity index is 1.93. The third-order valence-electron chi connectivity index (χ3n) is 3.84. The molecule has 4 heteroatoms. The lowest BCUT2D eigenvalue weighted by atomic mass is 9.91. The van der Waals surface area contributed by atoms with Gasteiger partial charge in [0.1, 0.15) is 0 Å². The van der Waals surface area contributed by atoms with Crippen LogP contribution in [0, 0.1) is 5.92 Å². The van der Waals surface area contributed by atoms with Crippen LogP contribution >= 0.6 is 0 Å². The predicted octanol–water partition coefficient (Wildman–Crippen LogP) is 3.25. The summed E-state index contributed by atoms with van der Waals surface area (Å²) in [6.07, 6.45) is 5.72. The molecule has 1 aliphatic carbocycles. The molecule has 0 heterocycles. The Labute approximate surface area is 116 Å². The van der Waals surface area contributed by atoms with Gasteiger partial charge in [0, 0.05) is 6.04 Å². The van der Waals surface area contributed by atoms with Crippen molar-refractivity contribution in [3.05, 3.63) is 35.9 Å². The highest BCUT2D eigenvalue weighted by Crippen LogP contribution is 2.25. The number of sulfonamides is 1. The van der Waals surface area contributed by atoms with Gasteiger partial charge in [-0.2, -0.15) is 0 Å². The van der Waals surface area contributed by atoms with Crippen LogP contribution in [-0.4, -0.2) is 14.2 Å². The van der Waals surface area contributed by atoms with E-state index in [4.69, 9.17) is 0 Å². The van der Waals surface area contributed by atoms with Crippen LogP contribution in [0.5, 0.6) is 0 Å². The molecule has 0 spiro atoms. The van der Waals surface area contributed by atoms with E-state index in [1.54, 1.807) is 0 Å². The highest BCUT2D eigenvalue weighted by molar-refractivity contribution is 7.89. The summed E-state index contributed by atoms with van der Waals surface area (Å²) in [5.74, 6) is 0.624. The summed E-state index contributed by atoms with van der Waals surface area (Å²) in [5.41, 5.74) is 1.01. The first-order chi connectivity index (χ1) is 9.07. The van der Waals surface area contributed by atoms with Gasteiger partial charge in [0.05, 0.1) is 5.75 Å². The topological polar surface area (TPSA) is 46.2 Å². The van der Waals surface area contributed by atoms with E-state index >= 15 is 0 Å². The summed E-state index contributed by atoms with van der Waals surface area (Å²) in [7, 11) is -3.18. The minimum Gasteiger partial charge on any atom is -0.212 e. The molecule has 0 aliphatic heterocycles. The van der Waals surface area contributed by atoms with Crippen LogP contribution in [-0.2, 0) is 10.0 Å². The fraction of sp³-hybridized carbons (Fsp3) is 0.600. The van der Waals surface area contributed by atoms with Gasteiger partial charge < -0.3 is 0 Å². The van der Waals surface area contributed by atoms with Gasteiger partial charge in [-0.1, -0.05) is 49.6 Å². The van der Waals surface area contributed by atoms with Crippen LogP contribution in [0.15, 0.2) is 30.3 Å². The maximum Gasteiger partial charge on any atom is 0.212 e. The summed E-state index contributed by atoms with van der Waals surface area (Å²) in [5, 5.41) is 0. The molecule has 1 atom stereocenters. The standard InChI is InChI=1S/C15H23NO2S/c1-13(15-10-6-3-7-11-15)16-19(17,18)12-14-8-4-2-5-9-14/h3,6-7,10-11,13-14,16H,2,4-5,8-9,12H2,1H3/t13-/m1/s1. The van der Waals surface area contributed by atoms with Crippen molar-refractivity contribution >= 4 is 10.0 Å². The van der Waals surface area contributed by atoms with E-state index in [2.05, 4.69) is 4.72 Å². The quantitative estimate of drug-likeness (QED) is 0.900. The minimum atomic E-state index is -3.18. The summed E-state index contributed by atoms with van der Waals surface area (Å²) in [6.45, 7) is 1.90. The van der Waals surface area contributed by atoms with Crippen LogP contribution < -0.4 is 4.72 Å². The predicted molar refractivity (Wildman–Crippen MR) is 78.4 cm³/mol. The average Bonchev–Trinajstić information content (AvgIpc) is 2.39. The second kappa shape index (κ2) is 6.53. The molecule has 1 aromatic carbocycles. The zero-order valence-corrected chi connectivity index (χ0v) is 12.3. The lowest BCUT2D eigenvalue weighted by molar-refractivity contribution is 0.383. The Bertz CT molecular complexity index is 478. The van der Waals surface area contributed by atoms with Crippen molar-refractivity contribution in [1.82, 2.24) is 4.72 Å². The first kappa shape index (κ1) is 14.5. The Morgan fingerprint density at radius 3 is 2.42 bits per heavy atom. The molecule has 1 aromatic rings. The van der Waals surface area contributed by atoms with Gasteiger partial charge in [0.15, 0.2) is 0 Å². The van der Waals surface area contributed by atoms with E-state index in [1.165, 1.54) is 19.3 Å². The third-order valence-corrected chi connectivity index (χ3v) is 5.46. The maximum absolute atomic E-state index is 12.2. The average molecular weight is 281 g/mol. The molecular weight excluding hydrogens is 258 g/mol. The first-order valence-corrected chi connectivity index (χ1v) is 8.77. The molecule has 0 unspecified atom stereocenters. The van der Waals surface area contributed by atoms with E-state index in [9.17, 15) is 8.42 Å². The van der Waals surface area contributed by atoms with E-state index in [0.29, 0.717) is 5.92 Å². The Morgan fingerprint density at radius 2 is 1.79 bits per heavy atom. The molecule has 0 amide bonds. The minimum absolute atomic E-state index is 0.158. The molecule has 19 heavy (non-hydrogen) atoms. The van der Waals surface area contributed by atoms with Crippen molar-refractivity contribution in [1.29, 1.82) is 0 Å². The Morgan fingerprint density at radius 1 is 1.16 bits per heavy atom. The second-order valence-electron chi connectivity index (χ2n) is 5.54.